The molecular formula is C17H21BrN2. The summed E-state index contributed by atoms with van der Waals surface area (Å²) >= 11 is 3.69. The molecule has 2 aromatic rings. The molecule has 106 valence electrons. The lowest BCUT2D eigenvalue weighted by atomic mass is 9.96. The van der Waals surface area contributed by atoms with Gasteiger partial charge in [-0.15, -0.1) is 0 Å². The summed E-state index contributed by atoms with van der Waals surface area (Å²) in [6, 6.07) is 5.30. The van der Waals surface area contributed by atoms with Crippen molar-refractivity contribution in [2.75, 3.05) is 6.54 Å². The first-order chi connectivity index (χ1) is 9.81. The van der Waals surface area contributed by atoms with E-state index in [9.17, 15) is 0 Å². The summed E-state index contributed by atoms with van der Waals surface area (Å²) in [6.45, 7) is 2.38. The van der Waals surface area contributed by atoms with E-state index in [1.54, 1.807) is 0 Å². The van der Waals surface area contributed by atoms with Gasteiger partial charge in [-0.25, -0.2) is 0 Å². The van der Waals surface area contributed by atoms with Gasteiger partial charge in [0.15, 0.2) is 0 Å². The van der Waals surface area contributed by atoms with Crippen molar-refractivity contribution in [3.63, 3.8) is 0 Å². The second kappa shape index (κ2) is 5.19. The largest absolute Gasteiger partial charge is 0.347 e. The van der Waals surface area contributed by atoms with Crippen LogP contribution in [-0.2, 0) is 19.4 Å². The van der Waals surface area contributed by atoms with Crippen molar-refractivity contribution in [2.45, 2.75) is 51.1 Å². The molecule has 3 heteroatoms. The van der Waals surface area contributed by atoms with E-state index in [2.05, 4.69) is 44.1 Å². The van der Waals surface area contributed by atoms with Gasteiger partial charge >= 0.3 is 0 Å². The van der Waals surface area contributed by atoms with Crippen LogP contribution in [0.15, 0.2) is 22.8 Å². The van der Waals surface area contributed by atoms with Gasteiger partial charge in [0.2, 0.25) is 0 Å². The summed E-state index contributed by atoms with van der Waals surface area (Å²) in [7, 11) is 0. The highest BCUT2D eigenvalue weighted by atomic mass is 79.9. The zero-order valence-corrected chi connectivity index (χ0v) is 13.4. The molecule has 1 unspecified atom stereocenters. The van der Waals surface area contributed by atoms with Gasteiger partial charge in [-0.3, -0.25) is 0 Å². The predicted octanol–water partition coefficient (Wildman–Crippen LogP) is 4.03. The Kier molecular flexibility index (Phi) is 3.35. The molecule has 1 N–H and O–H groups in total. The monoisotopic (exact) mass is 332 g/mol. The Hall–Kier alpha value is -0.800. The average Bonchev–Trinajstić information content (AvgIpc) is 2.79. The van der Waals surface area contributed by atoms with Crippen LogP contribution >= 0.6 is 15.9 Å². The molecule has 2 nitrogen and oxygen atoms in total. The van der Waals surface area contributed by atoms with Crippen LogP contribution < -0.4 is 5.32 Å². The van der Waals surface area contributed by atoms with E-state index < -0.39 is 0 Å². The number of piperidine rings is 1. The summed E-state index contributed by atoms with van der Waals surface area (Å²) in [5, 5.41) is 5.16. The summed E-state index contributed by atoms with van der Waals surface area (Å²) in [5.74, 6) is 0. The highest BCUT2D eigenvalue weighted by Gasteiger charge is 2.20. The van der Waals surface area contributed by atoms with Crippen LogP contribution in [0.3, 0.4) is 0 Å². The van der Waals surface area contributed by atoms with Gasteiger partial charge in [-0.1, -0.05) is 22.4 Å². The number of hydrogen-bond donors (Lipinski definition) is 1. The summed E-state index contributed by atoms with van der Waals surface area (Å²) in [6.07, 6.45) is 10.1. The number of hydrogen-bond acceptors (Lipinski definition) is 1. The maximum absolute atomic E-state index is 3.69. The van der Waals surface area contributed by atoms with Crippen molar-refractivity contribution in [1.29, 1.82) is 0 Å². The zero-order valence-electron chi connectivity index (χ0n) is 11.8. The number of nitrogens with one attached hydrogen (secondary N) is 1. The van der Waals surface area contributed by atoms with Crippen molar-refractivity contribution in [1.82, 2.24) is 9.88 Å². The minimum absolute atomic E-state index is 0.672. The first kappa shape index (κ1) is 12.9. The average molecular weight is 333 g/mol. The molecule has 0 bridgehead atoms. The van der Waals surface area contributed by atoms with Crippen LogP contribution in [0, 0.1) is 0 Å². The maximum Gasteiger partial charge on any atom is 0.0516 e. The Morgan fingerprint density at radius 2 is 2.20 bits per heavy atom. The number of aryl methyl sites for hydroxylation is 2. The van der Waals surface area contributed by atoms with Gasteiger partial charge in [0.1, 0.15) is 0 Å². The Morgan fingerprint density at radius 3 is 3.05 bits per heavy atom. The number of aromatic nitrogens is 1. The van der Waals surface area contributed by atoms with E-state index in [-0.39, 0.29) is 0 Å². The molecular weight excluding hydrogens is 312 g/mol. The molecule has 1 fully saturated rings. The molecule has 1 atom stereocenters. The molecule has 0 amide bonds. The minimum Gasteiger partial charge on any atom is -0.347 e. The lowest BCUT2D eigenvalue weighted by molar-refractivity contribution is 0.400. The third kappa shape index (κ3) is 2.21. The third-order valence-electron chi connectivity index (χ3n) is 4.82. The van der Waals surface area contributed by atoms with Crippen LogP contribution in [0.5, 0.6) is 0 Å². The second-order valence-electron chi connectivity index (χ2n) is 6.26. The molecule has 3 heterocycles. The summed E-state index contributed by atoms with van der Waals surface area (Å²) < 4.78 is 3.72. The fourth-order valence-electron chi connectivity index (χ4n) is 3.89. The van der Waals surface area contributed by atoms with E-state index in [1.807, 2.05) is 0 Å². The first-order valence-electron chi connectivity index (χ1n) is 7.85. The van der Waals surface area contributed by atoms with Crippen molar-refractivity contribution >= 4 is 26.8 Å². The Balaban J connectivity index is 1.76. The topological polar surface area (TPSA) is 17.0 Å². The van der Waals surface area contributed by atoms with Crippen LogP contribution in [-0.4, -0.2) is 17.2 Å². The molecule has 1 aromatic heterocycles. The van der Waals surface area contributed by atoms with Crippen LogP contribution in [0.2, 0.25) is 0 Å². The van der Waals surface area contributed by atoms with Gasteiger partial charge in [0, 0.05) is 28.6 Å². The summed E-state index contributed by atoms with van der Waals surface area (Å²) in [5.41, 5.74) is 4.54. The van der Waals surface area contributed by atoms with E-state index in [0.717, 1.165) is 0 Å². The Morgan fingerprint density at radius 1 is 1.25 bits per heavy atom. The van der Waals surface area contributed by atoms with Crippen molar-refractivity contribution in [3.05, 3.63) is 33.9 Å². The Bertz CT molecular complexity index is 638. The van der Waals surface area contributed by atoms with Gasteiger partial charge in [0.05, 0.1) is 5.52 Å². The van der Waals surface area contributed by atoms with E-state index in [1.165, 1.54) is 78.1 Å². The Labute approximate surface area is 128 Å². The quantitative estimate of drug-likeness (QED) is 0.878. The molecule has 1 saturated heterocycles. The number of halogens is 1. The highest BCUT2D eigenvalue weighted by molar-refractivity contribution is 9.10. The van der Waals surface area contributed by atoms with Crippen LogP contribution in [0.25, 0.3) is 10.9 Å². The molecule has 4 rings (SSSR count). The smallest absolute Gasteiger partial charge is 0.0516 e. The van der Waals surface area contributed by atoms with Crippen molar-refractivity contribution < 1.29 is 0 Å². The molecule has 0 saturated carbocycles. The van der Waals surface area contributed by atoms with E-state index in [0.29, 0.717) is 6.04 Å². The van der Waals surface area contributed by atoms with Gasteiger partial charge in [-0.2, -0.15) is 0 Å². The molecule has 0 aliphatic carbocycles. The lowest BCUT2D eigenvalue weighted by Gasteiger charge is -2.23. The van der Waals surface area contributed by atoms with Crippen molar-refractivity contribution in [3.8, 4) is 0 Å². The molecule has 2 aliphatic heterocycles. The SMILES string of the molecule is Brc1cc2c3c(c1)c(CC1CCCCN1)cn3CCC2. The van der Waals surface area contributed by atoms with Crippen LogP contribution in [0.1, 0.15) is 36.8 Å². The normalized spacial score (nSPS) is 22.4. The fraction of sp³-hybridized carbons (Fsp3) is 0.529. The fourth-order valence-corrected chi connectivity index (χ4v) is 4.40. The predicted molar refractivity (Wildman–Crippen MR) is 87.3 cm³/mol. The summed E-state index contributed by atoms with van der Waals surface area (Å²) in [4.78, 5) is 0. The molecule has 1 aromatic carbocycles. The molecule has 2 aliphatic rings. The first-order valence-corrected chi connectivity index (χ1v) is 8.64. The van der Waals surface area contributed by atoms with Gasteiger partial charge < -0.3 is 9.88 Å². The molecule has 0 radical (unpaired) electrons. The molecule has 0 spiro atoms. The van der Waals surface area contributed by atoms with Crippen LogP contribution in [0.4, 0.5) is 0 Å². The zero-order chi connectivity index (χ0) is 13.5. The van der Waals surface area contributed by atoms with Crippen molar-refractivity contribution in [2.24, 2.45) is 0 Å². The third-order valence-corrected chi connectivity index (χ3v) is 5.28. The highest BCUT2D eigenvalue weighted by Crippen LogP contribution is 2.33. The maximum atomic E-state index is 3.69. The second-order valence-corrected chi connectivity index (χ2v) is 7.18. The van der Waals surface area contributed by atoms with Gasteiger partial charge in [-0.05, 0) is 61.9 Å². The van der Waals surface area contributed by atoms with Gasteiger partial charge in [0.25, 0.3) is 0 Å². The number of benzene rings is 1. The standard InChI is InChI=1S/C17H21BrN2/c18-14-8-12-4-3-7-20-11-13(16(10-14)17(12)20)9-15-5-1-2-6-19-15/h8,10-11,15,19H,1-7,9H2. The molecule has 20 heavy (non-hydrogen) atoms. The number of nitrogens with zero attached hydrogens (tertiary/aromatic N) is 1. The van der Waals surface area contributed by atoms with E-state index in [4.69, 9.17) is 0 Å². The minimum atomic E-state index is 0.672. The van der Waals surface area contributed by atoms with E-state index >= 15 is 0 Å². The lowest BCUT2D eigenvalue weighted by Crippen LogP contribution is -2.35. The number of rotatable bonds is 2.